The van der Waals surface area contributed by atoms with Gasteiger partial charge in [0, 0.05) is 6.54 Å². The fourth-order valence-electron chi connectivity index (χ4n) is 3.56. The van der Waals surface area contributed by atoms with E-state index in [-0.39, 0.29) is 6.10 Å². The van der Waals surface area contributed by atoms with Crippen molar-refractivity contribution in [3.05, 3.63) is 0 Å². The van der Waals surface area contributed by atoms with Crippen molar-refractivity contribution in [1.82, 2.24) is 4.90 Å². The third-order valence-corrected chi connectivity index (χ3v) is 5.54. The summed E-state index contributed by atoms with van der Waals surface area (Å²) < 4.78 is 0. The molecule has 100 valence electrons. The van der Waals surface area contributed by atoms with E-state index in [1.165, 1.54) is 58.2 Å². The van der Waals surface area contributed by atoms with Crippen LogP contribution in [-0.2, 0) is 0 Å². The van der Waals surface area contributed by atoms with Crippen molar-refractivity contribution in [3.63, 3.8) is 0 Å². The number of piperidine rings is 1. The predicted molar refractivity (Wildman–Crippen MR) is 75.6 cm³/mol. The molecule has 1 saturated heterocycles. The van der Waals surface area contributed by atoms with Gasteiger partial charge in [-0.2, -0.15) is 12.6 Å². The molecule has 0 aromatic rings. The number of rotatable bonds is 4. The molecule has 0 amide bonds. The molecule has 2 aliphatic rings. The summed E-state index contributed by atoms with van der Waals surface area (Å²) in [5.41, 5.74) is 0.501. The molecule has 0 bridgehead atoms. The van der Waals surface area contributed by atoms with Gasteiger partial charge in [0.25, 0.3) is 0 Å². The molecule has 0 aromatic carbocycles. The Bertz CT molecular complexity index is 230. The van der Waals surface area contributed by atoms with Crippen LogP contribution in [0.15, 0.2) is 0 Å². The van der Waals surface area contributed by atoms with E-state index in [0.29, 0.717) is 11.3 Å². The van der Waals surface area contributed by atoms with Gasteiger partial charge in [0.15, 0.2) is 0 Å². The zero-order chi connectivity index (χ0) is 12.3. The molecule has 0 radical (unpaired) electrons. The summed E-state index contributed by atoms with van der Waals surface area (Å²) in [6.45, 7) is 5.52. The summed E-state index contributed by atoms with van der Waals surface area (Å²) in [7, 11) is 0. The SMILES string of the molecule is CC(O)C1CCN(CC2(CS)CCCC2)CC1. The summed E-state index contributed by atoms with van der Waals surface area (Å²) >= 11 is 4.58. The van der Waals surface area contributed by atoms with E-state index in [1.807, 2.05) is 6.92 Å². The van der Waals surface area contributed by atoms with E-state index in [2.05, 4.69) is 17.5 Å². The van der Waals surface area contributed by atoms with Crippen molar-refractivity contribution >= 4 is 12.6 Å². The standard InChI is InChI=1S/C14H27NOS/c1-12(16)13-4-8-15(9-5-13)10-14(11-17)6-2-3-7-14/h12-13,16-17H,2-11H2,1H3. The number of likely N-dealkylation sites (tertiary alicyclic amines) is 1. The smallest absolute Gasteiger partial charge is 0.0541 e. The van der Waals surface area contributed by atoms with Crippen LogP contribution in [0.4, 0.5) is 0 Å². The highest BCUT2D eigenvalue weighted by atomic mass is 32.1. The first kappa shape index (κ1) is 13.7. The summed E-state index contributed by atoms with van der Waals surface area (Å²) in [6.07, 6.45) is 7.73. The molecule has 0 spiro atoms. The zero-order valence-electron chi connectivity index (χ0n) is 11.1. The highest BCUT2D eigenvalue weighted by molar-refractivity contribution is 7.80. The summed E-state index contributed by atoms with van der Waals surface area (Å²) in [4.78, 5) is 2.61. The third kappa shape index (κ3) is 3.39. The second-order valence-corrected chi connectivity index (χ2v) is 6.54. The van der Waals surface area contributed by atoms with E-state index in [0.717, 1.165) is 5.75 Å². The van der Waals surface area contributed by atoms with E-state index in [4.69, 9.17) is 0 Å². The van der Waals surface area contributed by atoms with Crippen molar-refractivity contribution in [2.75, 3.05) is 25.4 Å². The lowest BCUT2D eigenvalue weighted by atomic mass is 9.85. The lowest BCUT2D eigenvalue weighted by molar-refractivity contribution is 0.0572. The maximum atomic E-state index is 9.61. The first-order valence-electron chi connectivity index (χ1n) is 7.16. The molecule has 1 atom stereocenters. The number of thiol groups is 1. The Balaban J connectivity index is 1.81. The van der Waals surface area contributed by atoms with Gasteiger partial charge in [-0.15, -0.1) is 0 Å². The number of aliphatic hydroxyl groups is 1. The lowest BCUT2D eigenvalue weighted by Gasteiger charge is -2.39. The molecule has 1 N–H and O–H groups in total. The maximum absolute atomic E-state index is 9.61. The average Bonchev–Trinajstić information content (AvgIpc) is 2.79. The molecule has 1 unspecified atom stereocenters. The van der Waals surface area contributed by atoms with Crippen LogP contribution in [0.25, 0.3) is 0 Å². The maximum Gasteiger partial charge on any atom is 0.0541 e. The monoisotopic (exact) mass is 257 g/mol. The number of hydrogen-bond acceptors (Lipinski definition) is 3. The van der Waals surface area contributed by atoms with Gasteiger partial charge >= 0.3 is 0 Å². The van der Waals surface area contributed by atoms with Crippen molar-refractivity contribution in [2.45, 2.75) is 51.6 Å². The summed E-state index contributed by atoms with van der Waals surface area (Å²) in [6, 6.07) is 0. The van der Waals surface area contributed by atoms with Crippen LogP contribution in [0.1, 0.15) is 45.4 Å². The van der Waals surface area contributed by atoms with E-state index >= 15 is 0 Å². The Morgan fingerprint density at radius 1 is 1.29 bits per heavy atom. The topological polar surface area (TPSA) is 23.5 Å². The molecular formula is C14H27NOS. The summed E-state index contributed by atoms with van der Waals surface area (Å²) in [5.74, 6) is 1.57. The molecule has 1 heterocycles. The van der Waals surface area contributed by atoms with Crippen LogP contribution in [0, 0.1) is 11.3 Å². The van der Waals surface area contributed by atoms with Crippen LogP contribution in [-0.4, -0.2) is 41.5 Å². The van der Waals surface area contributed by atoms with Gasteiger partial charge < -0.3 is 10.0 Å². The average molecular weight is 257 g/mol. The minimum atomic E-state index is -0.123. The van der Waals surface area contributed by atoms with Gasteiger partial charge in [-0.25, -0.2) is 0 Å². The first-order chi connectivity index (χ1) is 8.15. The van der Waals surface area contributed by atoms with Crippen LogP contribution in [0.2, 0.25) is 0 Å². The normalized spacial score (nSPS) is 28.4. The first-order valence-corrected chi connectivity index (χ1v) is 7.80. The Hall–Kier alpha value is 0.270. The van der Waals surface area contributed by atoms with Crippen LogP contribution in [0.5, 0.6) is 0 Å². The van der Waals surface area contributed by atoms with Gasteiger partial charge in [-0.1, -0.05) is 12.8 Å². The molecule has 1 aliphatic heterocycles. The largest absolute Gasteiger partial charge is 0.393 e. The molecule has 0 aromatic heterocycles. The molecule has 17 heavy (non-hydrogen) atoms. The van der Waals surface area contributed by atoms with Gasteiger partial charge in [0.2, 0.25) is 0 Å². The number of nitrogens with zero attached hydrogens (tertiary/aromatic N) is 1. The summed E-state index contributed by atoms with van der Waals surface area (Å²) in [5, 5.41) is 9.61. The van der Waals surface area contributed by atoms with Crippen molar-refractivity contribution in [3.8, 4) is 0 Å². The molecule has 2 nitrogen and oxygen atoms in total. The zero-order valence-corrected chi connectivity index (χ0v) is 12.0. The van der Waals surface area contributed by atoms with Crippen molar-refractivity contribution in [2.24, 2.45) is 11.3 Å². The molecule has 2 fully saturated rings. The van der Waals surface area contributed by atoms with Crippen LogP contribution >= 0.6 is 12.6 Å². The number of hydrogen-bond donors (Lipinski definition) is 2. The molecule has 1 saturated carbocycles. The highest BCUT2D eigenvalue weighted by Gasteiger charge is 2.35. The minimum absolute atomic E-state index is 0.123. The van der Waals surface area contributed by atoms with E-state index in [1.54, 1.807) is 0 Å². The molecule has 2 rings (SSSR count). The van der Waals surface area contributed by atoms with Gasteiger partial charge in [-0.3, -0.25) is 0 Å². The van der Waals surface area contributed by atoms with Crippen LogP contribution in [0.3, 0.4) is 0 Å². The predicted octanol–water partition coefficient (Wildman–Crippen LogP) is 2.57. The van der Waals surface area contributed by atoms with E-state index in [9.17, 15) is 5.11 Å². The second kappa shape index (κ2) is 5.94. The van der Waals surface area contributed by atoms with Gasteiger partial charge in [0.1, 0.15) is 0 Å². The Morgan fingerprint density at radius 2 is 1.88 bits per heavy atom. The van der Waals surface area contributed by atoms with Crippen molar-refractivity contribution < 1.29 is 5.11 Å². The fraction of sp³-hybridized carbons (Fsp3) is 1.00. The molecular weight excluding hydrogens is 230 g/mol. The Kier molecular flexibility index (Phi) is 4.79. The Morgan fingerprint density at radius 3 is 2.35 bits per heavy atom. The molecule has 3 heteroatoms. The molecule has 1 aliphatic carbocycles. The second-order valence-electron chi connectivity index (χ2n) is 6.22. The fourth-order valence-corrected chi connectivity index (χ4v) is 3.98. The van der Waals surface area contributed by atoms with Gasteiger partial charge in [-0.05, 0) is 62.8 Å². The Labute approximate surface area is 111 Å². The minimum Gasteiger partial charge on any atom is -0.393 e. The van der Waals surface area contributed by atoms with E-state index < -0.39 is 0 Å². The van der Waals surface area contributed by atoms with Gasteiger partial charge in [0.05, 0.1) is 6.10 Å². The highest BCUT2D eigenvalue weighted by Crippen LogP contribution is 2.40. The third-order valence-electron chi connectivity index (χ3n) is 4.87. The quantitative estimate of drug-likeness (QED) is 0.756. The van der Waals surface area contributed by atoms with Crippen LogP contribution < -0.4 is 0 Å². The number of aliphatic hydroxyl groups excluding tert-OH is 1. The van der Waals surface area contributed by atoms with Crippen molar-refractivity contribution in [1.29, 1.82) is 0 Å². The lowest BCUT2D eigenvalue weighted by Crippen LogP contribution is -2.43.